The number of ether oxygens (including phenoxy) is 1. The van der Waals surface area contributed by atoms with Crippen molar-refractivity contribution < 1.29 is 9.26 Å². The predicted octanol–water partition coefficient (Wildman–Crippen LogP) is 1.46. The van der Waals surface area contributed by atoms with Crippen molar-refractivity contribution in [2.75, 3.05) is 13.2 Å². The van der Waals surface area contributed by atoms with E-state index >= 15 is 0 Å². The van der Waals surface area contributed by atoms with Crippen LogP contribution in [0.5, 0.6) is 5.88 Å². The van der Waals surface area contributed by atoms with E-state index in [-0.39, 0.29) is 12.4 Å². The molecule has 1 aromatic heterocycles. The molecule has 2 rings (SSSR count). The lowest BCUT2D eigenvalue weighted by Crippen LogP contribution is -2.10. The van der Waals surface area contributed by atoms with Crippen LogP contribution in [0.2, 0.25) is 0 Å². The molecule has 1 aromatic carbocycles. The minimum atomic E-state index is 0. The van der Waals surface area contributed by atoms with E-state index in [0.29, 0.717) is 35.6 Å². The third kappa shape index (κ3) is 2.08. The third-order valence-electron chi connectivity index (χ3n) is 1.94. The summed E-state index contributed by atoms with van der Waals surface area (Å²) in [6, 6.07) is 7.22. The van der Waals surface area contributed by atoms with Crippen LogP contribution in [0, 0.1) is 11.3 Å². The summed E-state index contributed by atoms with van der Waals surface area (Å²) in [6.45, 7) is 0.741. The van der Waals surface area contributed by atoms with Crippen molar-refractivity contribution >= 4 is 23.4 Å². The van der Waals surface area contributed by atoms with E-state index in [9.17, 15) is 0 Å². The lowest BCUT2D eigenvalue weighted by molar-refractivity contribution is 0.293. The monoisotopic (exact) mass is 239 g/mol. The molecule has 0 aliphatic heterocycles. The first kappa shape index (κ1) is 12.3. The standard InChI is InChI=1S/C10H9N3O2.ClH/c11-4-5-14-10-9-7(6-12)2-1-3-8(9)15-13-10;/h1-3H,4-5,11H2;1H. The van der Waals surface area contributed by atoms with Gasteiger partial charge in [0.15, 0.2) is 5.58 Å². The molecule has 0 fully saturated rings. The largest absolute Gasteiger partial charge is 0.474 e. The average Bonchev–Trinajstić information content (AvgIpc) is 2.69. The number of nitrogens with zero attached hydrogens (tertiary/aromatic N) is 2. The summed E-state index contributed by atoms with van der Waals surface area (Å²) in [5.41, 5.74) is 6.34. The second kappa shape index (κ2) is 5.35. The Morgan fingerprint density at radius 3 is 3.00 bits per heavy atom. The highest BCUT2D eigenvalue weighted by Crippen LogP contribution is 2.27. The molecule has 2 aromatic rings. The molecular weight excluding hydrogens is 230 g/mol. The highest BCUT2D eigenvalue weighted by atomic mass is 35.5. The molecule has 0 atom stereocenters. The van der Waals surface area contributed by atoms with Crippen molar-refractivity contribution in [3.63, 3.8) is 0 Å². The summed E-state index contributed by atoms with van der Waals surface area (Å²) in [7, 11) is 0. The lowest BCUT2D eigenvalue weighted by Gasteiger charge is -1.99. The van der Waals surface area contributed by atoms with Gasteiger partial charge in [0.2, 0.25) is 0 Å². The summed E-state index contributed by atoms with van der Waals surface area (Å²) >= 11 is 0. The molecule has 16 heavy (non-hydrogen) atoms. The minimum absolute atomic E-state index is 0. The van der Waals surface area contributed by atoms with Crippen LogP contribution < -0.4 is 10.5 Å². The molecule has 0 radical (unpaired) electrons. The Morgan fingerprint density at radius 2 is 2.31 bits per heavy atom. The number of nitrogens with two attached hydrogens (primary N) is 1. The van der Waals surface area contributed by atoms with Crippen LogP contribution in [0.25, 0.3) is 11.0 Å². The Bertz CT molecular complexity index is 518. The molecule has 0 spiro atoms. The zero-order valence-corrected chi connectivity index (χ0v) is 9.16. The van der Waals surface area contributed by atoms with Gasteiger partial charge in [0.25, 0.3) is 5.88 Å². The molecule has 0 unspecified atom stereocenters. The predicted molar refractivity (Wildman–Crippen MR) is 60.5 cm³/mol. The Morgan fingerprint density at radius 1 is 1.50 bits per heavy atom. The molecular formula is C10H10ClN3O2. The molecule has 6 heteroatoms. The second-order valence-corrected chi connectivity index (χ2v) is 2.92. The van der Waals surface area contributed by atoms with Crippen molar-refractivity contribution in [2.24, 2.45) is 5.73 Å². The fourth-order valence-corrected chi connectivity index (χ4v) is 1.31. The summed E-state index contributed by atoms with van der Waals surface area (Å²) < 4.78 is 10.3. The van der Waals surface area contributed by atoms with Crippen molar-refractivity contribution in [2.45, 2.75) is 0 Å². The fraction of sp³-hybridized carbons (Fsp3) is 0.200. The quantitative estimate of drug-likeness (QED) is 0.876. The highest BCUT2D eigenvalue weighted by molar-refractivity contribution is 5.88. The van der Waals surface area contributed by atoms with Crippen molar-refractivity contribution in [1.29, 1.82) is 5.26 Å². The van der Waals surface area contributed by atoms with Crippen LogP contribution in [0.1, 0.15) is 5.56 Å². The van der Waals surface area contributed by atoms with Crippen molar-refractivity contribution in [3.8, 4) is 11.9 Å². The molecule has 0 bridgehead atoms. The van der Waals surface area contributed by atoms with Gasteiger partial charge in [0.05, 0.1) is 5.56 Å². The summed E-state index contributed by atoms with van der Waals surface area (Å²) in [5, 5.41) is 13.2. The van der Waals surface area contributed by atoms with E-state index < -0.39 is 0 Å². The number of hydrogen-bond donors (Lipinski definition) is 1. The Kier molecular flexibility index (Phi) is 4.11. The molecule has 84 valence electrons. The molecule has 0 aliphatic rings. The molecule has 0 saturated heterocycles. The maximum Gasteiger partial charge on any atom is 0.263 e. The lowest BCUT2D eigenvalue weighted by atomic mass is 10.1. The van der Waals surface area contributed by atoms with Gasteiger partial charge in [-0.1, -0.05) is 6.07 Å². The first-order valence-corrected chi connectivity index (χ1v) is 4.48. The van der Waals surface area contributed by atoms with Gasteiger partial charge in [0, 0.05) is 6.54 Å². The summed E-state index contributed by atoms with van der Waals surface area (Å²) in [4.78, 5) is 0. The first-order valence-electron chi connectivity index (χ1n) is 4.48. The number of aromatic nitrogens is 1. The van der Waals surface area contributed by atoms with Crippen LogP contribution in [0.3, 0.4) is 0 Å². The van der Waals surface area contributed by atoms with Gasteiger partial charge in [0.1, 0.15) is 18.1 Å². The SMILES string of the molecule is Cl.N#Cc1cccc2onc(OCCN)c12. The van der Waals surface area contributed by atoms with Crippen molar-refractivity contribution in [3.05, 3.63) is 23.8 Å². The van der Waals surface area contributed by atoms with Gasteiger partial charge >= 0.3 is 0 Å². The van der Waals surface area contributed by atoms with Gasteiger partial charge in [-0.15, -0.1) is 12.4 Å². The van der Waals surface area contributed by atoms with Crippen LogP contribution in [-0.2, 0) is 0 Å². The van der Waals surface area contributed by atoms with E-state index in [1.165, 1.54) is 0 Å². The highest BCUT2D eigenvalue weighted by Gasteiger charge is 2.12. The van der Waals surface area contributed by atoms with Gasteiger partial charge in [-0.2, -0.15) is 5.26 Å². The number of hydrogen-bond acceptors (Lipinski definition) is 5. The summed E-state index contributed by atoms with van der Waals surface area (Å²) in [5.74, 6) is 0.326. The number of rotatable bonds is 3. The smallest absolute Gasteiger partial charge is 0.263 e. The Hall–Kier alpha value is -1.77. The Balaban J connectivity index is 0.00000128. The number of halogens is 1. The van der Waals surface area contributed by atoms with E-state index in [4.69, 9.17) is 20.3 Å². The fourth-order valence-electron chi connectivity index (χ4n) is 1.31. The Labute approximate surface area is 98.2 Å². The van der Waals surface area contributed by atoms with Gasteiger partial charge < -0.3 is 15.0 Å². The molecule has 0 amide bonds. The third-order valence-corrected chi connectivity index (χ3v) is 1.94. The van der Waals surface area contributed by atoms with Gasteiger partial charge in [-0.3, -0.25) is 0 Å². The molecule has 0 aliphatic carbocycles. The zero-order chi connectivity index (χ0) is 10.7. The number of benzene rings is 1. The van der Waals surface area contributed by atoms with E-state index in [1.807, 2.05) is 0 Å². The molecule has 0 saturated carbocycles. The summed E-state index contributed by atoms with van der Waals surface area (Å²) in [6.07, 6.45) is 0. The maximum atomic E-state index is 8.90. The molecule has 5 nitrogen and oxygen atoms in total. The minimum Gasteiger partial charge on any atom is -0.474 e. The number of nitriles is 1. The van der Waals surface area contributed by atoms with E-state index in [2.05, 4.69) is 11.2 Å². The van der Waals surface area contributed by atoms with Crippen molar-refractivity contribution in [1.82, 2.24) is 5.16 Å². The van der Waals surface area contributed by atoms with Crippen LogP contribution >= 0.6 is 12.4 Å². The van der Waals surface area contributed by atoms with E-state index in [1.54, 1.807) is 18.2 Å². The maximum absolute atomic E-state index is 8.90. The molecule has 1 heterocycles. The molecule has 2 N–H and O–H groups in total. The zero-order valence-electron chi connectivity index (χ0n) is 8.34. The van der Waals surface area contributed by atoms with Crippen LogP contribution in [-0.4, -0.2) is 18.3 Å². The van der Waals surface area contributed by atoms with Gasteiger partial charge in [-0.25, -0.2) is 0 Å². The van der Waals surface area contributed by atoms with Gasteiger partial charge in [-0.05, 0) is 17.3 Å². The normalized spacial score (nSPS) is 9.50. The van der Waals surface area contributed by atoms with E-state index in [0.717, 1.165) is 0 Å². The van der Waals surface area contributed by atoms with Crippen LogP contribution in [0.15, 0.2) is 22.7 Å². The topological polar surface area (TPSA) is 85.1 Å². The second-order valence-electron chi connectivity index (χ2n) is 2.92. The first-order chi connectivity index (χ1) is 7.36. The average molecular weight is 240 g/mol. The number of fused-ring (bicyclic) bond motifs is 1. The van der Waals surface area contributed by atoms with Crippen LogP contribution in [0.4, 0.5) is 0 Å².